The van der Waals surface area contributed by atoms with Crippen molar-refractivity contribution in [1.29, 1.82) is 0 Å². The van der Waals surface area contributed by atoms with E-state index in [1.807, 2.05) is 0 Å². The lowest BCUT2D eigenvalue weighted by atomic mass is 9.97. The maximum Gasteiger partial charge on any atom is 0.331 e. The number of hydrogen-bond donors (Lipinski definition) is 14. The van der Waals surface area contributed by atoms with Gasteiger partial charge in [0.05, 0.1) is 19.3 Å². The lowest BCUT2D eigenvalue weighted by molar-refractivity contribution is -0.381. The van der Waals surface area contributed by atoms with Crippen molar-refractivity contribution in [3.8, 4) is 40.1 Å². The Labute approximate surface area is 405 Å². The first kappa shape index (κ1) is 52.7. The summed E-state index contributed by atoms with van der Waals surface area (Å²) in [5.41, 5.74) is -1.07. The normalized spacial score (nSPS) is 36.3. The van der Waals surface area contributed by atoms with E-state index in [0.717, 1.165) is 18.2 Å². The van der Waals surface area contributed by atoms with Gasteiger partial charge in [0, 0.05) is 23.8 Å². The van der Waals surface area contributed by atoms with E-state index in [1.165, 1.54) is 61.5 Å². The van der Waals surface area contributed by atoms with Gasteiger partial charge in [-0.2, -0.15) is 0 Å². The first-order chi connectivity index (χ1) is 34.2. The van der Waals surface area contributed by atoms with E-state index in [4.69, 9.17) is 47.0 Å². The highest BCUT2D eigenvalue weighted by atomic mass is 16.8. The lowest BCUT2D eigenvalue weighted by Crippen LogP contribution is -2.66. The summed E-state index contributed by atoms with van der Waals surface area (Å²) in [7, 11) is 0. The predicted octanol–water partition coefficient (Wildman–Crippen LogP) is -3.18. The number of esters is 1. The molecule has 4 fully saturated rings. The highest BCUT2D eigenvalue weighted by molar-refractivity contribution is 5.88. The third-order valence-electron chi connectivity index (χ3n) is 12.2. The molecule has 19 atom stereocenters. The Morgan fingerprint density at radius 2 is 1.31 bits per heavy atom. The van der Waals surface area contributed by atoms with Gasteiger partial charge < -0.3 is 119 Å². The summed E-state index contributed by atoms with van der Waals surface area (Å²) in [5.74, 6) is -4.01. The summed E-state index contributed by atoms with van der Waals surface area (Å²) in [6.45, 7) is -0.0196. The lowest BCUT2D eigenvalue weighted by Gasteiger charge is -2.47. The maximum atomic E-state index is 14.5. The van der Waals surface area contributed by atoms with Crippen molar-refractivity contribution in [2.24, 2.45) is 0 Å². The Morgan fingerprint density at radius 3 is 2.00 bits per heavy atom. The molecule has 4 saturated heterocycles. The van der Waals surface area contributed by atoms with Crippen LogP contribution in [0.2, 0.25) is 0 Å². The zero-order valence-corrected chi connectivity index (χ0v) is 37.5. The Morgan fingerprint density at radius 1 is 0.653 bits per heavy atom. The van der Waals surface area contributed by atoms with Crippen LogP contribution in [0.4, 0.5) is 0 Å². The third-order valence-corrected chi connectivity index (χ3v) is 12.2. The minimum absolute atomic E-state index is 0.0326. The number of rotatable bonds is 13. The molecule has 5 heterocycles. The fraction of sp³-hybridized carbons (Fsp3) is 0.478. The Bertz CT molecular complexity index is 2590. The van der Waals surface area contributed by atoms with Gasteiger partial charge in [-0.3, -0.25) is 4.79 Å². The van der Waals surface area contributed by atoms with Gasteiger partial charge in [-0.15, -0.1) is 0 Å². The van der Waals surface area contributed by atoms with E-state index in [1.54, 1.807) is 0 Å². The number of aromatic hydroxyl groups is 4. The van der Waals surface area contributed by atoms with Crippen molar-refractivity contribution < 1.29 is 123 Å². The molecule has 3 aromatic carbocycles. The minimum Gasteiger partial charge on any atom is -0.508 e. The van der Waals surface area contributed by atoms with E-state index < -0.39 is 170 Å². The van der Waals surface area contributed by atoms with Gasteiger partial charge in [0.1, 0.15) is 101 Å². The smallest absolute Gasteiger partial charge is 0.331 e. The van der Waals surface area contributed by atoms with E-state index >= 15 is 0 Å². The molecule has 0 aliphatic carbocycles. The van der Waals surface area contributed by atoms with Gasteiger partial charge in [-0.05, 0) is 55.0 Å². The average Bonchev–Trinajstić information content (AvgIpc) is 3.34. The summed E-state index contributed by atoms with van der Waals surface area (Å²) in [6.07, 6.45) is -34.0. The van der Waals surface area contributed by atoms with Gasteiger partial charge in [0.25, 0.3) is 0 Å². The number of carbonyl (C=O) groups excluding carboxylic acids is 1. The van der Waals surface area contributed by atoms with Crippen molar-refractivity contribution in [2.75, 3.05) is 13.2 Å². The number of benzene rings is 3. The molecule has 26 nitrogen and oxygen atoms in total. The molecule has 8 rings (SSSR count). The number of ether oxygens (including phenoxy) is 9. The van der Waals surface area contributed by atoms with Crippen LogP contribution in [0, 0.1) is 0 Å². The van der Waals surface area contributed by atoms with Crippen LogP contribution in [0.1, 0.15) is 12.5 Å². The molecule has 0 radical (unpaired) electrons. The zero-order chi connectivity index (χ0) is 51.9. The summed E-state index contributed by atoms with van der Waals surface area (Å²) in [5, 5.41) is 148. The predicted molar refractivity (Wildman–Crippen MR) is 234 cm³/mol. The molecule has 0 unspecified atom stereocenters. The van der Waals surface area contributed by atoms with Crippen LogP contribution in [0.25, 0.3) is 28.4 Å². The molecule has 1 aromatic heterocycles. The molecule has 14 N–H and O–H groups in total. The molecule has 0 saturated carbocycles. The molecule has 0 amide bonds. The van der Waals surface area contributed by atoms with Crippen LogP contribution >= 0.6 is 0 Å². The van der Waals surface area contributed by atoms with E-state index in [2.05, 4.69) is 0 Å². The third kappa shape index (κ3) is 11.0. The van der Waals surface area contributed by atoms with Crippen molar-refractivity contribution in [3.05, 3.63) is 82.5 Å². The van der Waals surface area contributed by atoms with Crippen molar-refractivity contribution >= 4 is 23.0 Å². The second kappa shape index (κ2) is 21.9. The van der Waals surface area contributed by atoms with Crippen LogP contribution in [0.15, 0.2) is 76.0 Å². The molecule has 72 heavy (non-hydrogen) atoms. The minimum atomic E-state index is -2.25. The number of hydrogen-bond acceptors (Lipinski definition) is 26. The second-order valence-corrected chi connectivity index (χ2v) is 17.3. The fourth-order valence-electron chi connectivity index (χ4n) is 8.27. The topological polar surface area (TPSA) is 414 Å². The van der Waals surface area contributed by atoms with Crippen molar-refractivity contribution in [2.45, 2.75) is 124 Å². The van der Waals surface area contributed by atoms with Crippen LogP contribution in [-0.4, -0.2) is 208 Å². The molecular formula is C46H52O26. The number of carbonyl (C=O) groups is 1. The molecule has 26 heteroatoms. The molecular weight excluding hydrogens is 968 g/mol. The largest absolute Gasteiger partial charge is 0.508 e. The quantitative estimate of drug-likeness (QED) is 0.0464. The Hall–Kier alpha value is -5.60. The second-order valence-electron chi connectivity index (χ2n) is 17.3. The highest BCUT2D eigenvalue weighted by Gasteiger charge is 2.55. The van der Waals surface area contributed by atoms with E-state index in [9.17, 15) is 81.1 Å². The molecule has 0 spiro atoms. The number of phenolic OH excluding ortho intramolecular Hbond substituents is 4. The van der Waals surface area contributed by atoms with Crippen molar-refractivity contribution in [3.63, 3.8) is 0 Å². The monoisotopic (exact) mass is 1020 g/mol. The average molecular weight is 1020 g/mol. The summed E-state index contributed by atoms with van der Waals surface area (Å²) in [4.78, 5) is 28.1. The van der Waals surface area contributed by atoms with Crippen LogP contribution < -0.4 is 10.2 Å². The van der Waals surface area contributed by atoms with Gasteiger partial charge in [-0.1, -0.05) is 12.1 Å². The molecule has 4 aliphatic rings. The number of aliphatic hydroxyl groups excluding tert-OH is 10. The molecule has 0 bridgehead atoms. The summed E-state index contributed by atoms with van der Waals surface area (Å²) < 4.78 is 58.0. The van der Waals surface area contributed by atoms with Gasteiger partial charge in [0.2, 0.25) is 17.5 Å². The fourth-order valence-corrected chi connectivity index (χ4v) is 8.27. The van der Waals surface area contributed by atoms with Crippen LogP contribution in [0.3, 0.4) is 0 Å². The highest BCUT2D eigenvalue weighted by Crippen LogP contribution is 2.39. The number of aliphatic hydroxyl groups is 10. The Kier molecular flexibility index (Phi) is 16.0. The standard InChI is InChI=1S/C46H52O26/c1-16-28(53)39(69-43-33(58)29(54)23(51)14-63-43)36(61)44(65-16)64-15-25-38(68-26(52)11-4-17-2-7-19(47)8-3-17)35(60)41(71-45-34(59)31(56)32(57)42(62)72-45)46(67-25)70-40-30(55)27-22(50)12-21(49)13-24(27)66-37(40)18-5-9-20(48)10-6-18/h2-13,16,23,25,28-29,31-36,38-39,41-51,53-54,56-62H,14-15H2,1H3/b11-4+/t16-,23+,25+,28-,29-,31+,32+,33+,34+,35-,36+,38-,39+,41+,42+,43-,44+,45+,46-/m0/s1. The molecule has 392 valence electrons. The summed E-state index contributed by atoms with van der Waals surface area (Å²) in [6, 6.07) is 12.4. The van der Waals surface area contributed by atoms with E-state index in [-0.39, 0.29) is 22.6 Å². The molecule has 4 aromatic rings. The summed E-state index contributed by atoms with van der Waals surface area (Å²) >= 11 is 0. The first-order valence-corrected chi connectivity index (χ1v) is 22.2. The SMILES string of the molecule is C[C@@H]1O[C@@H](OC[C@H]2O[C@@H](Oc3c(-c4ccc(O)cc4)oc4cc(O)cc(O)c4c3=O)[C@H](O[C@@H]3O[C@@H](O)[C@H](O)[C@@H](O)[C@H]3O)[C@@H](O)[C@H]2OC(=O)/C=C/c2ccc(O)cc2)[C@H](O)[C@H](O[C@@H]2OC[C@@H](O)[C@H](O)[C@H]2O)[C@H]1O. The zero-order valence-electron chi connectivity index (χ0n) is 37.5. The van der Waals surface area contributed by atoms with Crippen molar-refractivity contribution in [1.82, 2.24) is 0 Å². The Balaban J connectivity index is 1.17. The number of phenols is 4. The van der Waals surface area contributed by atoms with Gasteiger partial charge in [-0.25, -0.2) is 4.79 Å². The first-order valence-electron chi connectivity index (χ1n) is 22.2. The van der Waals surface area contributed by atoms with Gasteiger partial charge >= 0.3 is 5.97 Å². The van der Waals surface area contributed by atoms with Crippen LogP contribution in [-0.2, 0) is 42.7 Å². The van der Waals surface area contributed by atoms with Crippen LogP contribution in [0.5, 0.6) is 28.7 Å². The van der Waals surface area contributed by atoms with E-state index in [0.29, 0.717) is 5.56 Å². The van der Waals surface area contributed by atoms with Gasteiger partial charge in [0.15, 0.2) is 43.1 Å². The maximum absolute atomic E-state index is 14.5. The molecule has 4 aliphatic heterocycles. The number of fused-ring (bicyclic) bond motifs is 1.